The molecule has 2 fully saturated rings. The second-order valence-electron chi connectivity index (χ2n) is 6.64. The van der Waals surface area contributed by atoms with E-state index in [2.05, 4.69) is 0 Å². The molecule has 10 atom stereocenters. The number of rotatable bonds is 5. The molecule has 1 saturated heterocycles. The van der Waals surface area contributed by atoms with Crippen LogP contribution in [0.1, 0.15) is 13.3 Å². The normalized spacial score (nSPS) is 48.3. The van der Waals surface area contributed by atoms with E-state index in [0.717, 1.165) is 0 Å². The molecule has 10 heteroatoms. The summed E-state index contributed by atoms with van der Waals surface area (Å²) in [4.78, 5) is 11.3. The van der Waals surface area contributed by atoms with E-state index in [1.807, 2.05) is 0 Å². The minimum Gasteiger partial charge on any atom is -0.479 e. The van der Waals surface area contributed by atoms with Crippen LogP contribution in [-0.4, -0.2) is 99.3 Å². The molecule has 0 aromatic heterocycles. The van der Waals surface area contributed by atoms with E-state index in [9.17, 15) is 35.4 Å². The molecule has 6 N–H and O–H groups in total. The Morgan fingerprint density at radius 3 is 2.28 bits per heavy atom. The first-order chi connectivity index (χ1) is 11.7. The van der Waals surface area contributed by atoms with Gasteiger partial charge in [-0.25, -0.2) is 4.79 Å². The number of ether oxygens (including phenoxy) is 3. The van der Waals surface area contributed by atoms with Crippen LogP contribution in [0.5, 0.6) is 0 Å². The van der Waals surface area contributed by atoms with E-state index in [1.165, 1.54) is 7.11 Å². The van der Waals surface area contributed by atoms with Crippen LogP contribution in [0.4, 0.5) is 0 Å². The van der Waals surface area contributed by atoms with Gasteiger partial charge in [-0.2, -0.15) is 0 Å². The predicted molar refractivity (Wildman–Crippen MR) is 80.4 cm³/mol. The average Bonchev–Trinajstić information content (AvgIpc) is 2.58. The van der Waals surface area contributed by atoms with Crippen molar-refractivity contribution >= 4 is 5.97 Å². The fraction of sp³-hybridized carbons (Fsp3) is 0.933. The van der Waals surface area contributed by atoms with Crippen molar-refractivity contribution < 1.29 is 49.6 Å². The summed E-state index contributed by atoms with van der Waals surface area (Å²) >= 11 is 0. The van der Waals surface area contributed by atoms with Crippen molar-refractivity contribution in [1.29, 1.82) is 0 Å². The lowest BCUT2D eigenvalue weighted by molar-refractivity contribution is -0.324. The van der Waals surface area contributed by atoms with E-state index in [1.54, 1.807) is 6.92 Å². The van der Waals surface area contributed by atoms with Gasteiger partial charge in [0.25, 0.3) is 0 Å². The molecule has 0 spiro atoms. The Morgan fingerprint density at radius 2 is 1.76 bits per heavy atom. The molecule has 0 aromatic rings. The molecule has 146 valence electrons. The van der Waals surface area contributed by atoms with Crippen molar-refractivity contribution in [2.45, 2.75) is 62.4 Å². The van der Waals surface area contributed by atoms with Crippen LogP contribution >= 0.6 is 0 Å². The maximum atomic E-state index is 11.3. The molecular formula is C15H26O10. The summed E-state index contributed by atoms with van der Waals surface area (Å²) in [6, 6.07) is 0. The highest BCUT2D eigenvalue weighted by Crippen LogP contribution is 2.34. The summed E-state index contributed by atoms with van der Waals surface area (Å²) in [5.74, 6) is -2.60. The van der Waals surface area contributed by atoms with Crippen LogP contribution in [-0.2, 0) is 19.0 Å². The summed E-state index contributed by atoms with van der Waals surface area (Å²) in [7, 11) is 1.18. The molecule has 0 aromatic carbocycles. The maximum absolute atomic E-state index is 11.3. The van der Waals surface area contributed by atoms with Crippen LogP contribution < -0.4 is 0 Å². The van der Waals surface area contributed by atoms with Crippen LogP contribution in [0.25, 0.3) is 0 Å². The smallest absolute Gasteiger partial charge is 0.335 e. The molecule has 25 heavy (non-hydrogen) atoms. The van der Waals surface area contributed by atoms with Gasteiger partial charge in [-0.1, -0.05) is 6.92 Å². The summed E-state index contributed by atoms with van der Waals surface area (Å²) in [6.45, 7) is 1.25. The molecule has 0 bridgehead atoms. The molecule has 0 amide bonds. The molecule has 2 aliphatic rings. The Kier molecular flexibility index (Phi) is 6.74. The number of carboxylic acids is 1. The number of aliphatic hydroxyl groups is 5. The maximum Gasteiger partial charge on any atom is 0.335 e. The first kappa shape index (κ1) is 20.5. The fourth-order valence-corrected chi connectivity index (χ4v) is 3.42. The number of hydrogen-bond acceptors (Lipinski definition) is 9. The third kappa shape index (κ3) is 3.96. The van der Waals surface area contributed by atoms with Crippen LogP contribution in [0, 0.1) is 11.8 Å². The minimum atomic E-state index is -1.62. The van der Waals surface area contributed by atoms with Crippen LogP contribution in [0.2, 0.25) is 0 Å². The summed E-state index contributed by atoms with van der Waals surface area (Å²) in [5.41, 5.74) is 0. The van der Waals surface area contributed by atoms with E-state index in [0.29, 0.717) is 0 Å². The van der Waals surface area contributed by atoms with E-state index < -0.39 is 66.8 Å². The van der Waals surface area contributed by atoms with Crippen molar-refractivity contribution in [3.8, 4) is 0 Å². The van der Waals surface area contributed by atoms with Gasteiger partial charge in [0, 0.05) is 25.6 Å². The van der Waals surface area contributed by atoms with Gasteiger partial charge in [-0.05, 0) is 6.42 Å². The molecule has 0 radical (unpaired) electrons. The lowest BCUT2D eigenvalue weighted by Crippen LogP contribution is -2.63. The lowest BCUT2D eigenvalue weighted by Gasteiger charge is -2.46. The highest BCUT2D eigenvalue weighted by molar-refractivity contribution is 5.73. The number of aliphatic hydroxyl groups excluding tert-OH is 5. The van der Waals surface area contributed by atoms with E-state index in [-0.39, 0.29) is 13.0 Å². The molecule has 10 unspecified atom stereocenters. The Morgan fingerprint density at radius 1 is 1.12 bits per heavy atom. The highest BCUT2D eigenvalue weighted by atomic mass is 16.7. The summed E-state index contributed by atoms with van der Waals surface area (Å²) in [6.07, 6.45) is -10.5. The van der Waals surface area contributed by atoms with Gasteiger partial charge >= 0.3 is 5.97 Å². The molecule has 1 aliphatic heterocycles. The van der Waals surface area contributed by atoms with Gasteiger partial charge in [0.2, 0.25) is 0 Å². The average molecular weight is 366 g/mol. The van der Waals surface area contributed by atoms with Crippen molar-refractivity contribution in [2.24, 2.45) is 11.8 Å². The Balaban J connectivity index is 2.17. The third-order valence-electron chi connectivity index (χ3n) is 5.07. The highest BCUT2D eigenvalue weighted by Gasteiger charge is 2.51. The van der Waals surface area contributed by atoms with Crippen LogP contribution in [0.3, 0.4) is 0 Å². The van der Waals surface area contributed by atoms with Gasteiger partial charge in [-0.3, -0.25) is 0 Å². The largest absolute Gasteiger partial charge is 0.479 e. The Bertz CT molecular complexity index is 460. The number of carboxylic acid groups (broad SMARTS) is 1. The van der Waals surface area contributed by atoms with Crippen LogP contribution in [0.15, 0.2) is 0 Å². The predicted octanol–water partition coefficient (Wildman–Crippen LogP) is -2.71. The van der Waals surface area contributed by atoms with Gasteiger partial charge in [0.15, 0.2) is 12.4 Å². The number of hydrogen-bond donors (Lipinski definition) is 6. The van der Waals surface area contributed by atoms with Crippen molar-refractivity contribution in [3.63, 3.8) is 0 Å². The van der Waals surface area contributed by atoms with Crippen molar-refractivity contribution in [3.05, 3.63) is 0 Å². The quantitative estimate of drug-likeness (QED) is 0.301. The van der Waals surface area contributed by atoms with Crippen molar-refractivity contribution in [2.75, 3.05) is 13.7 Å². The van der Waals surface area contributed by atoms with Gasteiger partial charge in [0.05, 0.1) is 18.3 Å². The van der Waals surface area contributed by atoms with E-state index >= 15 is 0 Å². The summed E-state index contributed by atoms with van der Waals surface area (Å²) in [5, 5.41) is 59.2. The monoisotopic (exact) mass is 366 g/mol. The molecule has 1 heterocycles. The zero-order valence-corrected chi connectivity index (χ0v) is 14.0. The standard InChI is InChI=1S/C15H26O10/c1-5-7(17)3-6(4-16)8(18)11(5)24-15-10(20)9(19)12(23-2)13(25-15)14(21)22/h5-13,15-20H,3-4H2,1-2H3,(H,21,22). The zero-order valence-electron chi connectivity index (χ0n) is 14.0. The second-order valence-corrected chi connectivity index (χ2v) is 6.64. The molecule has 10 nitrogen and oxygen atoms in total. The first-order valence-electron chi connectivity index (χ1n) is 8.12. The topological polar surface area (TPSA) is 166 Å². The first-order valence-corrected chi connectivity index (χ1v) is 8.12. The van der Waals surface area contributed by atoms with E-state index in [4.69, 9.17) is 14.2 Å². The molecule has 1 saturated carbocycles. The minimum absolute atomic E-state index is 0.179. The zero-order chi connectivity index (χ0) is 18.9. The Labute approximate surface area is 144 Å². The lowest BCUT2D eigenvalue weighted by atomic mass is 9.76. The molecule has 2 rings (SSSR count). The summed E-state index contributed by atoms with van der Waals surface area (Å²) < 4.78 is 15.7. The van der Waals surface area contributed by atoms with Gasteiger partial charge in [-0.15, -0.1) is 0 Å². The Hall–Kier alpha value is -0.850. The van der Waals surface area contributed by atoms with Gasteiger partial charge in [0.1, 0.15) is 18.3 Å². The number of methoxy groups -OCH3 is 1. The fourth-order valence-electron chi connectivity index (χ4n) is 3.42. The molecular weight excluding hydrogens is 340 g/mol. The second kappa shape index (κ2) is 8.23. The van der Waals surface area contributed by atoms with Crippen molar-refractivity contribution in [1.82, 2.24) is 0 Å². The number of carbonyl (C=O) groups is 1. The third-order valence-corrected chi connectivity index (χ3v) is 5.07. The SMILES string of the molecule is COC1C(C(=O)O)OC(OC2C(C)C(O)CC(CO)C2O)C(O)C1O. The van der Waals surface area contributed by atoms with Gasteiger partial charge < -0.3 is 44.8 Å². The molecule has 1 aliphatic carbocycles. The number of aliphatic carboxylic acids is 1.